The monoisotopic (exact) mass is 310 g/mol. The molecule has 2 aromatic rings. The molecule has 0 spiro atoms. The average molecular weight is 311 g/mol. The number of hydrogen-bond acceptors (Lipinski definition) is 3. The molecule has 0 fully saturated rings. The second-order valence-electron chi connectivity index (χ2n) is 4.51. The molecule has 106 valence electrons. The van der Waals surface area contributed by atoms with Gasteiger partial charge in [0.05, 0.1) is 16.4 Å². The Kier molecular flexibility index (Phi) is 3.92. The molecule has 0 amide bonds. The molecule has 0 heterocycles. The zero-order chi connectivity index (χ0) is 14.9. The first-order chi connectivity index (χ1) is 9.33. The lowest BCUT2D eigenvalue weighted by atomic mass is 10.1. The molecule has 0 aliphatic carbocycles. The van der Waals surface area contributed by atoms with Crippen LogP contribution in [0.4, 0.5) is 11.4 Å². The number of anilines is 2. The molecule has 0 aliphatic rings. The van der Waals surface area contributed by atoms with E-state index in [2.05, 4.69) is 4.72 Å². The van der Waals surface area contributed by atoms with E-state index in [0.717, 1.165) is 11.1 Å². The number of hydrogen-bond donors (Lipinski definition) is 2. The van der Waals surface area contributed by atoms with E-state index in [9.17, 15) is 8.42 Å². The summed E-state index contributed by atoms with van der Waals surface area (Å²) in [6.07, 6.45) is 0. The summed E-state index contributed by atoms with van der Waals surface area (Å²) in [7, 11) is -3.77. The maximum absolute atomic E-state index is 12.4. The number of nitrogen functional groups attached to an aromatic ring is 1. The average Bonchev–Trinajstić information content (AvgIpc) is 2.39. The molecule has 0 saturated heterocycles. The highest BCUT2D eigenvalue weighted by Crippen LogP contribution is 2.30. The van der Waals surface area contributed by atoms with E-state index in [4.69, 9.17) is 17.3 Å². The highest BCUT2D eigenvalue weighted by Gasteiger charge is 2.19. The van der Waals surface area contributed by atoms with Gasteiger partial charge in [0.25, 0.3) is 10.0 Å². The SMILES string of the molecule is Cc1ccc(N)c(NS(=O)(=O)c2ccccc2Cl)c1C. The summed E-state index contributed by atoms with van der Waals surface area (Å²) in [5, 5.41) is 0.170. The van der Waals surface area contributed by atoms with Gasteiger partial charge in [0.2, 0.25) is 0 Å². The Morgan fingerprint density at radius 2 is 1.75 bits per heavy atom. The van der Waals surface area contributed by atoms with Crippen molar-refractivity contribution in [1.82, 2.24) is 0 Å². The molecule has 2 rings (SSSR count). The molecular weight excluding hydrogens is 296 g/mol. The minimum absolute atomic E-state index is 0.0296. The van der Waals surface area contributed by atoms with Crippen LogP contribution < -0.4 is 10.5 Å². The van der Waals surface area contributed by atoms with Crippen molar-refractivity contribution in [3.8, 4) is 0 Å². The van der Waals surface area contributed by atoms with E-state index in [-0.39, 0.29) is 9.92 Å². The molecule has 2 aromatic carbocycles. The first-order valence-corrected chi connectivity index (χ1v) is 7.82. The Morgan fingerprint density at radius 3 is 2.40 bits per heavy atom. The van der Waals surface area contributed by atoms with Gasteiger partial charge in [0.15, 0.2) is 0 Å². The predicted octanol–water partition coefficient (Wildman–Crippen LogP) is 3.34. The standard InChI is InChI=1S/C14H15ClN2O2S/c1-9-7-8-12(16)14(10(9)2)17-20(18,19)13-6-4-3-5-11(13)15/h3-8,17H,16H2,1-2H3. The minimum Gasteiger partial charge on any atom is -0.397 e. The molecule has 0 radical (unpaired) electrons. The smallest absolute Gasteiger partial charge is 0.263 e. The first-order valence-electron chi connectivity index (χ1n) is 5.96. The molecule has 3 N–H and O–H groups in total. The molecule has 0 bridgehead atoms. The lowest BCUT2D eigenvalue weighted by Gasteiger charge is -2.15. The van der Waals surface area contributed by atoms with E-state index in [1.807, 2.05) is 19.9 Å². The fourth-order valence-electron chi connectivity index (χ4n) is 1.82. The van der Waals surface area contributed by atoms with Crippen molar-refractivity contribution in [3.05, 3.63) is 52.5 Å². The molecule has 0 saturated carbocycles. The number of nitrogens with one attached hydrogen (secondary N) is 1. The van der Waals surface area contributed by atoms with Crippen LogP contribution in [-0.4, -0.2) is 8.42 Å². The third-order valence-electron chi connectivity index (χ3n) is 3.13. The van der Waals surface area contributed by atoms with Gasteiger partial charge in [-0.15, -0.1) is 0 Å². The van der Waals surface area contributed by atoms with Crippen molar-refractivity contribution < 1.29 is 8.42 Å². The Hall–Kier alpha value is -1.72. The molecule has 6 heteroatoms. The molecule has 0 aliphatic heterocycles. The van der Waals surface area contributed by atoms with Gasteiger partial charge in [-0.3, -0.25) is 4.72 Å². The van der Waals surface area contributed by atoms with Gasteiger partial charge >= 0.3 is 0 Å². The maximum atomic E-state index is 12.4. The molecule has 0 atom stereocenters. The summed E-state index contributed by atoms with van der Waals surface area (Å²) in [4.78, 5) is 0.0296. The lowest BCUT2D eigenvalue weighted by Crippen LogP contribution is -2.15. The van der Waals surface area contributed by atoms with Gasteiger partial charge in [0, 0.05) is 0 Å². The van der Waals surface area contributed by atoms with Crippen LogP contribution in [0.25, 0.3) is 0 Å². The molecular formula is C14H15ClN2O2S. The summed E-state index contributed by atoms with van der Waals surface area (Å²) >= 11 is 5.94. The summed E-state index contributed by atoms with van der Waals surface area (Å²) in [6.45, 7) is 3.71. The van der Waals surface area contributed by atoms with Crippen molar-refractivity contribution in [3.63, 3.8) is 0 Å². The van der Waals surface area contributed by atoms with Crippen molar-refractivity contribution in [2.75, 3.05) is 10.5 Å². The number of halogens is 1. The topological polar surface area (TPSA) is 72.2 Å². The van der Waals surface area contributed by atoms with Crippen LogP contribution in [0.1, 0.15) is 11.1 Å². The van der Waals surface area contributed by atoms with E-state index >= 15 is 0 Å². The van der Waals surface area contributed by atoms with Crippen LogP contribution in [0.15, 0.2) is 41.3 Å². The third-order valence-corrected chi connectivity index (χ3v) is 4.98. The van der Waals surface area contributed by atoms with Gasteiger partial charge < -0.3 is 5.73 Å². The van der Waals surface area contributed by atoms with E-state index < -0.39 is 10.0 Å². The maximum Gasteiger partial charge on any atom is 0.263 e. The fourth-order valence-corrected chi connectivity index (χ4v) is 3.50. The van der Waals surface area contributed by atoms with Gasteiger partial charge in [0.1, 0.15) is 4.90 Å². The molecule has 20 heavy (non-hydrogen) atoms. The molecule has 4 nitrogen and oxygen atoms in total. The van der Waals surface area contributed by atoms with E-state index in [1.54, 1.807) is 18.2 Å². The Balaban J connectivity index is 2.50. The first kappa shape index (κ1) is 14.7. The Morgan fingerprint density at radius 1 is 1.10 bits per heavy atom. The van der Waals surface area contributed by atoms with Crippen LogP contribution in [0.5, 0.6) is 0 Å². The number of sulfonamides is 1. The number of rotatable bonds is 3. The lowest BCUT2D eigenvalue weighted by molar-refractivity contribution is 0.601. The van der Waals surface area contributed by atoms with Crippen LogP contribution >= 0.6 is 11.6 Å². The van der Waals surface area contributed by atoms with Gasteiger partial charge in [-0.05, 0) is 43.2 Å². The van der Waals surface area contributed by atoms with E-state index in [0.29, 0.717) is 11.4 Å². The van der Waals surface area contributed by atoms with Crippen molar-refractivity contribution in [1.29, 1.82) is 0 Å². The predicted molar refractivity (Wildman–Crippen MR) is 82.6 cm³/mol. The molecule has 0 aromatic heterocycles. The molecule has 0 unspecified atom stereocenters. The van der Waals surface area contributed by atoms with Crippen LogP contribution in [0.2, 0.25) is 5.02 Å². The summed E-state index contributed by atoms with van der Waals surface area (Å²) in [5.74, 6) is 0. The quantitative estimate of drug-likeness (QED) is 0.854. The minimum atomic E-state index is -3.77. The zero-order valence-corrected chi connectivity index (χ0v) is 12.7. The fraction of sp³-hybridized carbons (Fsp3) is 0.143. The zero-order valence-electron chi connectivity index (χ0n) is 11.1. The van der Waals surface area contributed by atoms with Crippen molar-refractivity contribution in [2.45, 2.75) is 18.7 Å². The normalized spacial score (nSPS) is 11.3. The largest absolute Gasteiger partial charge is 0.397 e. The third kappa shape index (κ3) is 2.73. The number of aryl methyl sites for hydroxylation is 1. The van der Waals surface area contributed by atoms with Crippen LogP contribution in [-0.2, 0) is 10.0 Å². The van der Waals surface area contributed by atoms with Crippen molar-refractivity contribution >= 4 is 33.0 Å². The Bertz CT molecular complexity index is 758. The van der Waals surface area contributed by atoms with Gasteiger partial charge in [-0.25, -0.2) is 8.42 Å². The number of nitrogens with two attached hydrogens (primary N) is 1. The summed E-state index contributed by atoms with van der Waals surface area (Å²) in [6, 6.07) is 9.79. The van der Waals surface area contributed by atoms with Gasteiger partial charge in [-0.1, -0.05) is 29.8 Å². The number of benzene rings is 2. The van der Waals surface area contributed by atoms with Gasteiger partial charge in [-0.2, -0.15) is 0 Å². The Labute approximate surface area is 123 Å². The van der Waals surface area contributed by atoms with Crippen molar-refractivity contribution in [2.24, 2.45) is 0 Å². The highest BCUT2D eigenvalue weighted by molar-refractivity contribution is 7.92. The second kappa shape index (κ2) is 5.34. The van der Waals surface area contributed by atoms with Crippen LogP contribution in [0.3, 0.4) is 0 Å². The second-order valence-corrected chi connectivity index (χ2v) is 6.57. The summed E-state index contributed by atoms with van der Waals surface area (Å²) < 4.78 is 27.3. The van der Waals surface area contributed by atoms with Crippen LogP contribution in [0, 0.1) is 13.8 Å². The summed E-state index contributed by atoms with van der Waals surface area (Å²) in [5.41, 5.74) is 8.37. The van der Waals surface area contributed by atoms with E-state index in [1.165, 1.54) is 12.1 Å². The highest BCUT2D eigenvalue weighted by atomic mass is 35.5.